The van der Waals surface area contributed by atoms with Gasteiger partial charge in [-0.3, -0.25) is 0 Å². The molecule has 0 spiro atoms. The molecule has 0 saturated carbocycles. The van der Waals surface area contributed by atoms with E-state index in [4.69, 9.17) is 5.73 Å². The van der Waals surface area contributed by atoms with Crippen LogP contribution < -0.4 is 11.1 Å². The van der Waals surface area contributed by atoms with Crippen LogP contribution in [0.1, 0.15) is 38.7 Å². The van der Waals surface area contributed by atoms with E-state index in [1.54, 1.807) is 0 Å². The Labute approximate surface area is 138 Å². The average molecular weight is 322 g/mol. The van der Waals surface area contributed by atoms with E-state index in [2.05, 4.69) is 41.3 Å². The van der Waals surface area contributed by atoms with Crippen LogP contribution in [0.25, 0.3) is 10.9 Å². The van der Waals surface area contributed by atoms with Crippen LogP contribution in [-0.4, -0.2) is 27.7 Å². The monoisotopic (exact) mass is 322 g/mol. The van der Waals surface area contributed by atoms with Crippen molar-refractivity contribution in [2.45, 2.75) is 45.6 Å². The summed E-state index contributed by atoms with van der Waals surface area (Å²) in [5.41, 5.74) is 7.90. The minimum Gasteiger partial charge on any atom is -0.396 e. The standard InChI is InChI=1S/C16H24N4O.H2S/c1-3-5-12(8-9-21)18-15-13-10-11(4-2)6-7-14(13)19-16(17)20-15;/h6-7,10,12,21H,3-5,8-9H2,1-2H3,(H3,17,18,19,20);1H2/t12-;/m0./s1. The predicted molar refractivity (Wildman–Crippen MR) is 97.7 cm³/mol. The second-order valence-corrected chi connectivity index (χ2v) is 5.28. The topological polar surface area (TPSA) is 84.1 Å². The van der Waals surface area contributed by atoms with Gasteiger partial charge in [0, 0.05) is 18.0 Å². The molecule has 0 bridgehead atoms. The molecule has 1 heterocycles. The highest BCUT2D eigenvalue weighted by molar-refractivity contribution is 7.59. The fourth-order valence-corrected chi connectivity index (χ4v) is 2.51. The molecule has 0 fully saturated rings. The number of nitrogens with zero attached hydrogens (tertiary/aromatic N) is 2. The van der Waals surface area contributed by atoms with Crippen molar-refractivity contribution in [3.63, 3.8) is 0 Å². The lowest BCUT2D eigenvalue weighted by atomic mass is 10.1. The Morgan fingerprint density at radius 3 is 2.64 bits per heavy atom. The average Bonchev–Trinajstić information content (AvgIpc) is 2.47. The first kappa shape index (κ1) is 18.5. The summed E-state index contributed by atoms with van der Waals surface area (Å²) >= 11 is 0. The Hall–Kier alpha value is -1.53. The van der Waals surface area contributed by atoms with E-state index in [0.717, 1.165) is 36.0 Å². The highest BCUT2D eigenvalue weighted by atomic mass is 32.1. The highest BCUT2D eigenvalue weighted by Crippen LogP contribution is 2.24. The van der Waals surface area contributed by atoms with Crippen molar-refractivity contribution in [3.05, 3.63) is 23.8 Å². The molecular formula is C16H26N4OS. The smallest absolute Gasteiger partial charge is 0.222 e. The maximum absolute atomic E-state index is 9.19. The molecule has 0 unspecified atom stereocenters. The lowest BCUT2D eigenvalue weighted by Crippen LogP contribution is -2.22. The summed E-state index contributed by atoms with van der Waals surface area (Å²) in [7, 11) is 0. The third kappa shape index (κ3) is 4.48. The molecule has 6 heteroatoms. The molecule has 1 atom stereocenters. The molecule has 0 amide bonds. The molecule has 2 aromatic rings. The summed E-state index contributed by atoms with van der Waals surface area (Å²) in [6.07, 6.45) is 3.71. The largest absolute Gasteiger partial charge is 0.396 e. The fraction of sp³-hybridized carbons (Fsp3) is 0.500. The number of aryl methyl sites for hydroxylation is 1. The molecule has 5 nitrogen and oxygen atoms in total. The Morgan fingerprint density at radius 1 is 1.23 bits per heavy atom. The number of benzene rings is 1. The molecule has 2 rings (SSSR count). The number of aromatic nitrogens is 2. The van der Waals surface area contributed by atoms with E-state index in [9.17, 15) is 5.11 Å². The minimum absolute atomic E-state index is 0. The number of nitrogens with two attached hydrogens (primary N) is 1. The number of fused-ring (bicyclic) bond motifs is 1. The number of aliphatic hydroxyl groups is 1. The fourth-order valence-electron chi connectivity index (χ4n) is 2.51. The van der Waals surface area contributed by atoms with Crippen molar-refractivity contribution in [2.75, 3.05) is 17.7 Å². The summed E-state index contributed by atoms with van der Waals surface area (Å²) in [5.74, 6) is 1.04. The number of nitrogen functional groups attached to an aromatic ring is 1. The van der Waals surface area contributed by atoms with E-state index >= 15 is 0 Å². The second-order valence-electron chi connectivity index (χ2n) is 5.28. The number of hydrogen-bond acceptors (Lipinski definition) is 5. The van der Waals surface area contributed by atoms with Gasteiger partial charge in [0.15, 0.2) is 0 Å². The van der Waals surface area contributed by atoms with Crippen LogP contribution in [0.3, 0.4) is 0 Å². The SMILES string of the molecule is CCC[C@@H](CCO)Nc1nc(N)nc2ccc(CC)cc12.S. The maximum atomic E-state index is 9.19. The summed E-state index contributed by atoms with van der Waals surface area (Å²) < 4.78 is 0. The maximum Gasteiger partial charge on any atom is 0.222 e. The summed E-state index contributed by atoms with van der Waals surface area (Å²) in [5, 5.41) is 13.6. The molecule has 0 saturated heterocycles. The van der Waals surface area contributed by atoms with Gasteiger partial charge in [0.05, 0.1) is 5.52 Å². The number of anilines is 2. The van der Waals surface area contributed by atoms with Crippen LogP contribution in [-0.2, 0) is 6.42 Å². The lowest BCUT2D eigenvalue weighted by Gasteiger charge is -2.19. The molecular weight excluding hydrogens is 296 g/mol. The van der Waals surface area contributed by atoms with E-state index in [0.29, 0.717) is 6.42 Å². The van der Waals surface area contributed by atoms with Crippen LogP contribution >= 0.6 is 13.5 Å². The van der Waals surface area contributed by atoms with Gasteiger partial charge in [0.25, 0.3) is 0 Å². The molecule has 0 radical (unpaired) electrons. The number of hydrogen-bond donors (Lipinski definition) is 3. The Balaban J connectivity index is 0.00000242. The van der Waals surface area contributed by atoms with Gasteiger partial charge >= 0.3 is 0 Å². The van der Waals surface area contributed by atoms with Gasteiger partial charge in [-0.25, -0.2) is 4.98 Å². The predicted octanol–water partition coefficient (Wildman–Crippen LogP) is 2.85. The number of aliphatic hydroxyl groups excluding tert-OH is 1. The molecule has 0 aliphatic rings. The van der Waals surface area contributed by atoms with E-state index < -0.39 is 0 Å². The first-order chi connectivity index (χ1) is 10.2. The minimum atomic E-state index is 0. The zero-order chi connectivity index (χ0) is 15.2. The van der Waals surface area contributed by atoms with Crippen molar-refractivity contribution in [1.29, 1.82) is 0 Å². The van der Waals surface area contributed by atoms with Gasteiger partial charge in [-0.15, -0.1) is 0 Å². The van der Waals surface area contributed by atoms with Crippen molar-refractivity contribution in [3.8, 4) is 0 Å². The van der Waals surface area contributed by atoms with Gasteiger partial charge in [-0.2, -0.15) is 18.5 Å². The zero-order valence-electron chi connectivity index (χ0n) is 13.3. The highest BCUT2D eigenvalue weighted by Gasteiger charge is 2.12. The van der Waals surface area contributed by atoms with Crippen molar-refractivity contribution in [2.24, 2.45) is 0 Å². The molecule has 0 aliphatic carbocycles. The van der Waals surface area contributed by atoms with Crippen molar-refractivity contribution >= 4 is 36.2 Å². The normalized spacial score (nSPS) is 12.0. The van der Waals surface area contributed by atoms with Crippen LogP contribution in [0.15, 0.2) is 18.2 Å². The van der Waals surface area contributed by atoms with Gasteiger partial charge < -0.3 is 16.2 Å². The van der Waals surface area contributed by atoms with Crippen molar-refractivity contribution in [1.82, 2.24) is 9.97 Å². The molecule has 1 aromatic heterocycles. The summed E-state index contributed by atoms with van der Waals surface area (Å²) in [4.78, 5) is 8.64. The van der Waals surface area contributed by atoms with Crippen LogP contribution in [0.5, 0.6) is 0 Å². The van der Waals surface area contributed by atoms with Crippen LogP contribution in [0, 0.1) is 0 Å². The third-order valence-corrected chi connectivity index (χ3v) is 3.64. The van der Waals surface area contributed by atoms with Gasteiger partial charge in [-0.05, 0) is 37.0 Å². The first-order valence-electron chi connectivity index (χ1n) is 7.61. The summed E-state index contributed by atoms with van der Waals surface area (Å²) in [6.45, 7) is 4.42. The van der Waals surface area contributed by atoms with Crippen molar-refractivity contribution < 1.29 is 5.11 Å². The Morgan fingerprint density at radius 2 is 2.00 bits per heavy atom. The number of rotatable bonds is 7. The lowest BCUT2D eigenvalue weighted by molar-refractivity contribution is 0.276. The van der Waals surface area contributed by atoms with Gasteiger partial charge in [-0.1, -0.05) is 26.3 Å². The first-order valence-corrected chi connectivity index (χ1v) is 7.61. The zero-order valence-corrected chi connectivity index (χ0v) is 14.3. The van der Waals surface area contributed by atoms with Crippen LogP contribution in [0.4, 0.5) is 11.8 Å². The van der Waals surface area contributed by atoms with Gasteiger partial charge in [0.1, 0.15) is 5.82 Å². The third-order valence-electron chi connectivity index (χ3n) is 3.64. The van der Waals surface area contributed by atoms with E-state index in [1.165, 1.54) is 5.56 Å². The second kappa shape index (κ2) is 8.80. The van der Waals surface area contributed by atoms with Gasteiger partial charge in [0.2, 0.25) is 5.95 Å². The molecule has 0 aliphatic heterocycles. The quantitative estimate of drug-likeness (QED) is 0.730. The van der Waals surface area contributed by atoms with E-state index in [-0.39, 0.29) is 32.1 Å². The van der Waals surface area contributed by atoms with Crippen LogP contribution in [0.2, 0.25) is 0 Å². The molecule has 122 valence electrons. The van der Waals surface area contributed by atoms with E-state index in [1.807, 2.05) is 6.07 Å². The Bertz CT molecular complexity index is 600. The molecule has 4 N–H and O–H groups in total. The summed E-state index contributed by atoms with van der Waals surface area (Å²) in [6, 6.07) is 6.36. The molecule has 22 heavy (non-hydrogen) atoms. The molecule has 1 aromatic carbocycles. The number of nitrogens with one attached hydrogen (secondary N) is 1. The Kier molecular flexibility index (Phi) is 7.41.